The number of carboxylic acid groups (broad SMARTS) is 1. The van der Waals surface area contributed by atoms with Crippen molar-refractivity contribution in [2.45, 2.75) is 39.3 Å². The Morgan fingerprint density at radius 3 is 2.85 bits per heavy atom. The third kappa shape index (κ3) is 3.55. The summed E-state index contributed by atoms with van der Waals surface area (Å²) in [7, 11) is 0. The van der Waals surface area contributed by atoms with E-state index in [0.717, 1.165) is 18.1 Å². The van der Waals surface area contributed by atoms with E-state index in [1.165, 1.54) is 16.7 Å². The molecule has 1 saturated heterocycles. The van der Waals surface area contributed by atoms with Crippen LogP contribution in [0.2, 0.25) is 0 Å². The maximum Gasteiger partial charge on any atom is 0.304 e. The van der Waals surface area contributed by atoms with Crippen LogP contribution >= 0.6 is 11.8 Å². The molecule has 1 N–H and O–H groups in total. The first kappa shape index (κ1) is 15.4. The van der Waals surface area contributed by atoms with Gasteiger partial charge in [-0.2, -0.15) is 11.8 Å². The second-order valence-corrected chi connectivity index (χ2v) is 6.73. The van der Waals surface area contributed by atoms with Gasteiger partial charge in [-0.25, -0.2) is 0 Å². The van der Waals surface area contributed by atoms with Crippen molar-refractivity contribution in [3.05, 3.63) is 34.9 Å². The molecule has 0 radical (unpaired) electrons. The van der Waals surface area contributed by atoms with Gasteiger partial charge in [-0.15, -0.1) is 0 Å². The molecule has 0 aliphatic carbocycles. The van der Waals surface area contributed by atoms with Crippen molar-refractivity contribution >= 4 is 17.7 Å². The summed E-state index contributed by atoms with van der Waals surface area (Å²) in [6, 6.07) is 6.99. The van der Waals surface area contributed by atoms with E-state index in [0.29, 0.717) is 0 Å². The number of nitrogens with zero attached hydrogens (tertiary/aromatic N) is 1. The minimum Gasteiger partial charge on any atom is -0.481 e. The van der Waals surface area contributed by atoms with Crippen LogP contribution in [0.25, 0.3) is 0 Å². The van der Waals surface area contributed by atoms with Gasteiger partial charge in [-0.1, -0.05) is 18.2 Å². The monoisotopic (exact) mass is 293 g/mol. The first-order chi connectivity index (χ1) is 9.49. The van der Waals surface area contributed by atoms with E-state index in [4.69, 9.17) is 5.11 Å². The highest BCUT2D eigenvalue weighted by Crippen LogP contribution is 2.29. The predicted octanol–water partition coefficient (Wildman–Crippen LogP) is 3.26. The van der Waals surface area contributed by atoms with E-state index in [2.05, 4.69) is 43.9 Å². The molecule has 0 saturated carbocycles. The van der Waals surface area contributed by atoms with Gasteiger partial charge in [0.1, 0.15) is 0 Å². The molecule has 3 nitrogen and oxygen atoms in total. The van der Waals surface area contributed by atoms with E-state index >= 15 is 0 Å². The lowest BCUT2D eigenvalue weighted by atomic mass is 9.99. The average Bonchev–Trinajstić information content (AvgIpc) is 2.41. The Hall–Kier alpha value is -1.00. The summed E-state index contributed by atoms with van der Waals surface area (Å²) in [6.07, 6.45) is 0.238. The molecule has 1 heterocycles. The molecule has 2 rings (SSSR count). The van der Waals surface area contributed by atoms with Crippen molar-refractivity contribution in [3.8, 4) is 0 Å². The summed E-state index contributed by atoms with van der Waals surface area (Å²) in [5, 5.41) is 9.08. The van der Waals surface area contributed by atoms with Gasteiger partial charge in [0.15, 0.2) is 0 Å². The molecule has 20 heavy (non-hydrogen) atoms. The second-order valence-electron chi connectivity index (χ2n) is 5.58. The Bertz CT molecular complexity index is 489. The van der Waals surface area contributed by atoms with Crippen LogP contribution in [0.4, 0.5) is 0 Å². The van der Waals surface area contributed by atoms with Crippen LogP contribution in [0, 0.1) is 13.8 Å². The van der Waals surface area contributed by atoms with E-state index in [-0.39, 0.29) is 18.5 Å². The molecule has 0 aromatic heterocycles. The molecule has 1 aromatic rings. The lowest BCUT2D eigenvalue weighted by Gasteiger charge is -2.39. The SMILES string of the molecule is Cc1ccc(C(C)N2CCSCC2CC(=O)O)cc1C. The summed E-state index contributed by atoms with van der Waals surface area (Å²) < 4.78 is 0. The number of benzene rings is 1. The molecule has 0 bridgehead atoms. The molecular weight excluding hydrogens is 270 g/mol. The smallest absolute Gasteiger partial charge is 0.304 e. The van der Waals surface area contributed by atoms with E-state index in [1.54, 1.807) is 0 Å². The molecular formula is C16H23NO2S. The third-order valence-electron chi connectivity index (χ3n) is 4.19. The lowest BCUT2D eigenvalue weighted by molar-refractivity contribution is -0.138. The van der Waals surface area contributed by atoms with Crippen molar-refractivity contribution in [1.29, 1.82) is 0 Å². The lowest BCUT2D eigenvalue weighted by Crippen LogP contribution is -2.44. The molecule has 110 valence electrons. The fraction of sp³-hybridized carbons (Fsp3) is 0.562. The summed E-state index contributed by atoms with van der Waals surface area (Å²) in [5.74, 6) is 1.31. The first-order valence-corrected chi connectivity index (χ1v) is 8.27. The van der Waals surface area contributed by atoms with Gasteiger partial charge in [0, 0.05) is 30.1 Å². The van der Waals surface area contributed by atoms with Crippen LogP contribution in [0.15, 0.2) is 18.2 Å². The van der Waals surface area contributed by atoms with Crippen LogP contribution in [-0.4, -0.2) is 40.1 Å². The second kappa shape index (κ2) is 6.64. The molecule has 2 atom stereocenters. The zero-order valence-electron chi connectivity index (χ0n) is 12.4. The Morgan fingerprint density at radius 2 is 2.20 bits per heavy atom. The standard InChI is InChI=1S/C16H23NO2S/c1-11-4-5-14(8-12(11)2)13(3)17-6-7-20-10-15(17)9-16(18)19/h4-5,8,13,15H,6-7,9-10H2,1-3H3,(H,18,19). The van der Waals surface area contributed by atoms with Crippen molar-refractivity contribution in [1.82, 2.24) is 4.90 Å². The van der Waals surface area contributed by atoms with Crippen molar-refractivity contribution in [3.63, 3.8) is 0 Å². The highest BCUT2D eigenvalue weighted by atomic mass is 32.2. The van der Waals surface area contributed by atoms with Gasteiger partial charge < -0.3 is 5.11 Å². The van der Waals surface area contributed by atoms with Crippen LogP contribution in [0.3, 0.4) is 0 Å². The minimum atomic E-state index is -0.699. The molecule has 1 aliphatic rings. The predicted molar refractivity (Wildman–Crippen MR) is 84.4 cm³/mol. The number of hydrogen-bond acceptors (Lipinski definition) is 3. The minimum absolute atomic E-state index is 0.142. The Labute approximate surface area is 125 Å². The van der Waals surface area contributed by atoms with Crippen LogP contribution in [0.1, 0.15) is 36.1 Å². The van der Waals surface area contributed by atoms with E-state index in [9.17, 15) is 4.79 Å². The fourth-order valence-corrected chi connectivity index (χ4v) is 3.86. The molecule has 1 aromatic carbocycles. The highest BCUT2D eigenvalue weighted by molar-refractivity contribution is 7.99. The van der Waals surface area contributed by atoms with Gasteiger partial charge in [-0.05, 0) is 37.5 Å². The Morgan fingerprint density at radius 1 is 1.45 bits per heavy atom. The zero-order valence-corrected chi connectivity index (χ0v) is 13.2. The van der Waals surface area contributed by atoms with Crippen molar-refractivity contribution in [2.24, 2.45) is 0 Å². The van der Waals surface area contributed by atoms with Crippen LogP contribution < -0.4 is 0 Å². The van der Waals surface area contributed by atoms with Crippen molar-refractivity contribution < 1.29 is 9.90 Å². The number of aliphatic carboxylic acids is 1. The number of aryl methyl sites for hydroxylation is 2. The van der Waals surface area contributed by atoms with Crippen LogP contribution in [-0.2, 0) is 4.79 Å². The molecule has 1 aliphatic heterocycles. The molecule has 1 fully saturated rings. The molecule has 0 spiro atoms. The summed E-state index contributed by atoms with van der Waals surface area (Å²) in [4.78, 5) is 13.4. The summed E-state index contributed by atoms with van der Waals surface area (Å²) >= 11 is 1.86. The number of thioether (sulfide) groups is 1. The molecule has 4 heteroatoms. The van der Waals surface area contributed by atoms with Gasteiger partial charge in [0.05, 0.1) is 6.42 Å². The average molecular weight is 293 g/mol. The van der Waals surface area contributed by atoms with E-state index in [1.807, 2.05) is 11.8 Å². The quantitative estimate of drug-likeness (QED) is 0.925. The topological polar surface area (TPSA) is 40.5 Å². The van der Waals surface area contributed by atoms with E-state index < -0.39 is 5.97 Å². The van der Waals surface area contributed by atoms with Crippen molar-refractivity contribution in [2.75, 3.05) is 18.1 Å². The van der Waals surface area contributed by atoms with Gasteiger partial charge >= 0.3 is 5.97 Å². The fourth-order valence-electron chi connectivity index (χ4n) is 2.77. The number of rotatable bonds is 4. The first-order valence-electron chi connectivity index (χ1n) is 7.11. The maximum atomic E-state index is 11.0. The Kier molecular flexibility index (Phi) is 5.11. The van der Waals surface area contributed by atoms with Gasteiger partial charge in [0.2, 0.25) is 0 Å². The van der Waals surface area contributed by atoms with Gasteiger partial charge in [-0.3, -0.25) is 9.69 Å². The Balaban J connectivity index is 2.17. The molecule has 2 unspecified atom stereocenters. The van der Waals surface area contributed by atoms with Gasteiger partial charge in [0.25, 0.3) is 0 Å². The van der Waals surface area contributed by atoms with Crippen LogP contribution in [0.5, 0.6) is 0 Å². The highest BCUT2D eigenvalue weighted by Gasteiger charge is 2.29. The third-order valence-corrected chi connectivity index (χ3v) is 5.29. The largest absolute Gasteiger partial charge is 0.481 e. The number of carboxylic acids is 1. The summed E-state index contributed by atoms with van der Waals surface area (Å²) in [6.45, 7) is 7.41. The zero-order chi connectivity index (χ0) is 14.7. The number of hydrogen-bond donors (Lipinski definition) is 1. The summed E-state index contributed by atoms with van der Waals surface area (Å²) in [5.41, 5.74) is 3.89. The normalized spacial score (nSPS) is 21.6. The maximum absolute atomic E-state index is 11.0. The number of carbonyl (C=O) groups is 1. The molecule has 0 amide bonds.